The van der Waals surface area contributed by atoms with Gasteiger partial charge in [-0.25, -0.2) is 13.1 Å². The summed E-state index contributed by atoms with van der Waals surface area (Å²) >= 11 is 1.45. The summed E-state index contributed by atoms with van der Waals surface area (Å²) in [5, 5.41) is 8.71. The first-order valence-electron chi connectivity index (χ1n) is 5.44. The van der Waals surface area contributed by atoms with E-state index in [2.05, 4.69) is 4.72 Å². The van der Waals surface area contributed by atoms with Gasteiger partial charge in [-0.3, -0.25) is 0 Å². The maximum atomic E-state index is 11.9. The summed E-state index contributed by atoms with van der Waals surface area (Å²) in [5.74, 6) is 0.704. The first-order valence-corrected chi connectivity index (χ1v) is 7.91. The van der Waals surface area contributed by atoms with Crippen LogP contribution in [0.2, 0.25) is 0 Å². The van der Waals surface area contributed by atoms with Crippen molar-refractivity contribution in [1.29, 1.82) is 0 Å². The molecule has 0 spiro atoms. The van der Waals surface area contributed by atoms with Crippen molar-refractivity contribution in [1.82, 2.24) is 4.72 Å². The van der Waals surface area contributed by atoms with Crippen LogP contribution in [0.25, 0.3) is 0 Å². The van der Waals surface area contributed by atoms with Crippen molar-refractivity contribution in [2.45, 2.75) is 23.1 Å². The van der Waals surface area contributed by atoms with Gasteiger partial charge in [-0.2, -0.15) is 0 Å². The highest BCUT2D eigenvalue weighted by atomic mass is 32.2. The minimum absolute atomic E-state index is 0.120. The molecular formula is C11H17NO3S2. The molecule has 17 heavy (non-hydrogen) atoms. The van der Waals surface area contributed by atoms with Crippen LogP contribution < -0.4 is 4.72 Å². The third kappa shape index (κ3) is 4.31. The van der Waals surface area contributed by atoms with Gasteiger partial charge in [0.1, 0.15) is 0 Å². The second-order valence-electron chi connectivity index (χ2n) is 3.37. The van der Waals surface area contributed by atoms with Gasteiger partial charge < -0.3 is 5.11 Å². The highest BCUT2D eigenvalue weighted by molar-refractivity contribution is 8.00. The van der Waals surface area contributed by atoms with Gasteiger partial charge in [0.25, 0.3) is 0 Å². The Balaban J connectivity index is 2.91. The Hall–Kier alpha value is -0.560. The SMILES string of the molecule is CCNS(=O)(=O)c1ccccc1SCCCO. The molecule has 0 aliphatic heterocycles. The molecule has 0 amide bonds. The number of nitrogens with one attached hydrogen (secondary N) is 1. The van der Waals surface area contributed by atoms with E-state index in [1.165, 1.54) is 11.8 Å². The molecular weight excluding hydrogens is 258 g/mol. The predicted molar refractivity (Wildman–Crippen MR) is 69.7 cm³/mol. The maximum Gasteiger partial charge on any atom is 0.241 e. The van der Waals surface area contributed by atoms with E-state index in [1.807, 2.05) is 6.07 Å². The highest BCUT2D eigenvalue weighted by Gasteiger charge is 2.16. The first kappa shape index (κ1) is 14.5. The van der Waals surface area contributed by atoms with E-state index in [0.717, 1.165) is 4.90 Å². The summed E-state index contributed by atoms with van der Waals surface area (Å²) in [6.07, 6.45) is 0.653. The van der Waals surface area contributed by atoms with E-state index in [0.29, 0.717) is 23.6 Å². The van der Waals surface area contributed by atoms with Crippen molar-refractivity contribution in [2.24, 2.45) is 0 Å². The Kier molecular flexibility index (Phi) is 5.97. The van der Waals surface area contributed by atoms with Crippen LogP contribution in [-0.2, 0) is 10.0 Å². The molecule has 0 unspecified atom stereocenters. The summed E-state index contributed by atoms with van der Waals surface area (Å²) in [6.45, 7) is 2.24. The lowest BCUT2D eigenvalue weighted by atomic mass is 10.4. The fourth-order valence-corrected chi connectivity index (χ4v) is 3.82. The normalized spacial score (nSPS) is 11.6. The molecule has 1 rings (SSSR count). The second kappa shape index (κ2) is 7.00. The van der Waals surface area contributed by atoms with E-state index in [4.69, 9.17) is 5.11 Å². The average Bonchev–Trinajstić information content (AvgIpc) is 2.30. The Morgan fingerprint density at radius 1 is 1.35 bits per heavy atom. The topological polar surface area (TPSA) is 66.4 Å². The molecule has 0 aliphatic rings. The molecule has 0 radical (unpaired) electrons. The summed E-state index contributed by atoms with van der Waals surface area (Å²) < 4.78 is 26.3. The molecule has 0 saturated heterocycles. The van der Waals surface area contributed by atoms with Crippen LogP contribution in [0.3, 0.4) is 0 Å². The summed E-state index contributed by atoms with van der Waals surface area (Å²) in [5.41, 5.74) is 0. The Bertz CT molecular complexity index is 446. The average molecular weight is 275 g/mol. The predicted octanol–water partition coefficient (Wildman–Crippen LogP) is 1.46. The molecule has 0 bridgehead atoms. The van der Waals surface area contributed by atoms with E-state index in [9.17, 15) is 8.42 Å². The zero-order chi connectivity index (χ0) is 12.7. The van der Waals surface area contributed by atoms with E-state index >= 15 is 0 Å². The highest BCUT2D eigenvalue weighted by Crippen LogP contribution is 2.26. The van der Waals surface area contributed by atoms with Gasteiger partial charge in [0, 0.05) is 23.8 Å². The minimum atomic E-state index is -3.41. The number of hydrogen-bond acceptors (Lipinski definition) is 4. The Labute approximate surface area is 106 Å². The zero-order valence-electron chi connectivity index (χ0n) is 9.72. The Morgan fingerprint density at radius 3 is 2.71 bits per heavy atom. The number of aliphatic hydroxyl groups is 1. The quantitative estimate of drug-likeness (QED) is 0.584. The van der Waals surface area contributed by atoms with Crippen molar-refractivity contribution in [3.8, 4) is 0 Å². The van der Waals surface area contributed by atoms with Gasteiger partial charge in [0.2, 0.25) is 10.0 Å². The van der Waals surface area contributed by atoms with Crippen molar-refractivity contribution in [3.63, 3.8) is 0 Å². The van der Waals surface area contributed by atoms with Crippen molar-refractivity contribution < 1.29 is 13.5 Å². The van der Waals surface area contributed by atoms with E-state index in [1.54, 1.807) is 25.1 Å². The smallest absolute Gasteiger partial charge is 0.241 e. The lowest BCUT2D eigenvalue weighted by molar-refractivity contribution is 0.296. The number of benzene rings is 1. The largest absolute Gasteiger partial charge is 0.396 e. The van der Waals surface area contributed by atoms with Gasteiger partial charge in [-0.1, -0.05) is 19.1 Å². The third-order valence-corrected chi connectivity index (χ3v) is 4.93. The molecule has 1 aromatic carbocycles. The van der Waals surface area contributed by atoms with Crippen molar-refractivity contribution in [2.75, 3.05) is 18.9 Å². The summed E-state index contributed by atoms with van der Waals surface area (Å²) in [4.78, 5) is 1.03. The summed E-state index contributed by atoms with van der Waals surface area (Å²) in [7, 11) is -3.41. The molecule has 0 heterocycles. The number of hydrogen-bond donors (Lipinski definition) is 2. The van der Waals surface area contributed by atoms with E-state index < -0.39 is 10.0 Å². The molecule has 0 fully saturated rings. The van der Waals surface area contributed by atoms with Gasteiger partial charge in [-0.15, -0.1) is 11.8 Å². The van der Waals surface area contributed by atoms with Gasteiger partial charge in [0.05, 0.1) is 4.90 Å². The number of aliphatic hydroxyl groups excluding tert-OH is 1. The number of thioether (sulfide) groups is 1. The second-order valence-corrected chi connectivity index (χ2v) is 6.25. The number of sulfonamides is 1. The zero-order valence-corrected chi connectivity index (χ0v) is 11.4. The lowest BCUT2D eigenvalue weighted by Crippen LogP contribution is -2.23. The third-order valence-electron chi connectivity index (χ3n) is 2.03. The Morgan fingerprint density at radius 2 is 2.06 bits per heavy atom. The van der Waals surface area contributed by atoms with Crippen molar-refractivity contribution in [3.05, 3.63) is 24.3 Å². The minimum Gasteiger partial charge on any atom is -0.396 e. The molecule has 6 heteroatoms. The van der Waals surface area contributed by atoms with Gasteiger partial charge in [-0.05, 0) is 18.6 Å². The molecule has 0 aliphatic carbocycles. The maximum absolute atomic E-state index is 11.9. The molecule has 4 nitrogen and oxygen atoms in total. The molecule has 0 aromatic heterocycles. The van der Waals surface area contributed by atoms with Gasteiger partial charge >= 0.3 is 0 Å². The molecule has 0 atom stereocenters. The van der Waals surface area contributed by atoms with E-state index in [-0.39, 0.29) is 6.61 Å². The molecule has 96 valence electrons. The van der Waals surface area contributed by atoms with Crippen LogP contribution in [0.5, 0.6) is 0 Å². The molecule has 0 saturated carbocycles. The monoisotopic (exact) mass is 275 g/mol. The fourth-order valence-electron chi connectivity index (χ4n) is 1.31. The van der Waals surface area contributed by atoms with Crippen LogP contribution in [0.15, 0.2) is 34.1 Å². The van der Waals surface area contributed by atoms with Crippen LogP contribution >= 0.6 is 11.8 Å². The lowest BCUT2D eigenvalue weighted by Gasteiger charge is -2.09. The summed E-state index contributed by atoms with van der Waals surface area (Å²) in [6, 6.07) is 6.90. The van der Waals surface area contributed by atoms with Crippen LogP contribution in [0, 0.1) is 0 Å². The standard InChI is InChI=1S/C11H17NO3S2/c1-2-12-17(14,15)11-7-4-3-6-10(11)16-9-5-8-13/h3-4,6-7,12-13H,2,5,8-9H2,1H3. The molecule has 1 aromatic rings. The van der Waals surface area contributed by atoms with Gasteiger partial charge in [0.15, 0.2) is 0 Å². The first-order chi connectivity index (χ1) is 8.11. The molecule has 2 N–H and O–H groups in total. The number of rotatable bonds is 7. The van der Waals surface area contributed by atoms with Crippen LogP contribution in [0.4, 0.5) is 0 Å². The van der Waals surface area contributed by atoms with Crippen LogP contribution in [-0.4, -0.2) is 32.4 Å². The van der Waals surface area contributed by atoms with Crippen molar-refractivity contribution >= 4 is 21.8 Å². The fraction of sp³-hybridized carbons (Fsp3) is 0.455. The van der Waals surface area contributed by atoms with Crippen LogP contribution in [0.1, 0.15) is 13.3 Å².